The Bertz CT molecular complexity index is 942. The summed E-state index contributed by atoms with van der Waals surface area (Å²) in [5.41, 5.74) is 1.06. The number of alkyl halides is 3. The highest BCUT2D eigenvalue weighted by molar-refractivity contribution is 5.93. The number of amides is 1. The Morgan fingerprint density at radius 3 is 2.28 bits per heavy atom. The first-order valence-corrected chi connectivity index (χ1v) is 8.88. The highest BCUT2D eigenvalue weighted by Crippen LogP contribution is 2.30. The average Bonchev–Trinajstić information content (AvgIpc) is 2.72. The molecule has 0 heterocycles. The van der Waals surface area contributed by atoms with Crippen LogP contribution in [0.25, 0.3) is 0 Å². The number of rotatable bonds is 7. The van der Waals surface area contributed by atoms with Crippen molar-refractivity contribution in [3.8, 4) is 5.75 Å². The fourth-order valence-corrected chi connectivity index (χ4v) is 2.57. The van der Waals surface area contributed by atoms with Crippen molar-refractivity contribution >= 4 is 17.3 Å². The van der Waals surface area contributed by atoms with Crippen LogP contribution in [0.4, 0.5) is 24.5 Å². The fourth-order valence-electron chi connectivity index (χ4n) is 2.57. The highest BCUT2D eigenvalue weighted by atomic mass is 19.4. The Morgan fingerprint density at radius 1 is 0.862 bits per heavy atom. The number of halogens is 3. The zero-order valence-electron chi connectivity index (χ0n) is 15.4. The van der Waals surface area contributed by atoms with Crippen LogP contribution in [0.15, 0.2) is 78.9 Å². The molecule has 0 saturated carbocycles. The van der Waals surface area contributed by atoms with Gasteiger partial charge in [-0.2, -0.15) is 13.2 Å². The van der Waals surface area contributed by atoms with Crippen LogP contribution in [-0.4, -0.2) is 12.5 Å². The Kier molecular flexibility index (Phi) is 6.39. The second-order valence-electron chi connectivity index (χ2n) is 6.28. The second-order valence-corrected chi connectivity index (χ2v) is 6.28. The zero-order chi connectivity index (χ0) is 20.7. The van der Waals surface area contributed by atoms with Crippen molar-refractivity contribution in [2.75, 3.05) is 17.2 Å². The van der Waals surface area contributed by atoms with E-state index in [0.29, 0.717) is 18.0 Å². The van der Waals surface area contributed by atoms with Crippen molar-refractivity contribution in [2.24, 2.45) is 0 Å². The van der Waals surface area contributed by atoms with Gasteiger partial charge in [-0.25, -0.2) is 0 Å². The summed E-state index contributed by atoms with van der Waals surface area (Å²) in [5.74, 6) is 0.286. The summed E-state index contributed by atoms with van der Waals surface area (Å²) in [5, 5.41) is 5.37. The number of benzene rings is 3. The third kappa shape index (κ3) is 6.27. The molecule has 2 N–H and O–H groups in total. The minimum absolute atomic E-state index is 0.159. The van der Waals surface area contributed by atoms with E-state index in [1.165, 1.54) is 12.1 Å². The Morgan fingerprint density at radius 2 is 1.59 bits per heavy atom. The van der Waals surface area contributed by atoms with Gasteiger partial charge in [-0.3, -0.25) is 4.79 Å². The summed E-state index contributed by atoms with van der Waals surface area (Å²) < 4.78 is 43.8. The third-order valence-electron chi connectivity index (χ3n) is 4.03. The number of carbonyl (C=O) groups excluding carboxylic acids is 1. The predicted octanol–water partition coefficient (Wildman–Crippen LogP) is 5.34. The standard InChI is InChI=1S/C22H19F3N2O2/c23-22(24,25)17-7-4-8-19(13-17)26-14-21(28)27-18-9-11-20(12-10-18)29-15-16-5-2-1-3-6-16/h1-13,26H,14-15H2,(H,27,28). The molecule has 0 fully saturated rings. The molecule has 0 saturated heterocycles. The lowest BCUT2D eigenvalue weighted by molar-refractivity contribution is -0.137. The zero-order valence-corrected chi connectivity index (χ0v) is 15.4. The van der Waals surface area contributed by atoms with Crippen LogP contribution < -0.4 is 15.4 Å². The summed E-state index contributed by atoms with van der Waals surface area (Å²) in [7, 11) is 0. The molecule has 0 spiro atoms. The number of hydrogen-bond donors (Lipinski definition) is 2. The summed E-state index contributed by atoms with van der Waals surface area (Å²) in [6, 6.07) is 21.3. The minimum Gasteiger partial charge on any atom is -0.489 e. The first-order chi connectivity index (χ1) is 13.9. The first kappa shape index (κ1) is 20.3. The normalized spacial score (nSPS) is 11.0. The second kappa shape index (κ2) is 9.14. The summed E-state index contributed by atoms with van der Waals surface area (Å²) in [6.45, 7) is 0.279. The van der Waals surface area contributed by atoms with Crippen LogP contribution in [0, 0.1) is 0 Å². The number of nitrogens with one attached hydrogen (secondary N) is 2. The van der Waals surface area contributed by atoms with Gasteiger partial charge in [0.2, 0.25) is 5.91 Å². The topological polar surface area (TPSA) is 50.4 Å². The minimum atomic E-state index is -4.43. The van der Waals surface area contributed by atoms with Crippen LogP contribution in [0.3, 0.4) is 0 Å². The van der Waals surface area contributed by atoms with Crippen LogP contribution in [0.5, 0.6) is 5.75 Å². The first-order valence-electron chi connectivity index (χ1n) is 8.88. The lowest BCUT2D eigenvalue weighted by atomic mass is 10.2. The summed E-state index contributed by atoms with van der Waals surface area (Å²) >= 11 is 0. The molecule has 150 valence electrons. The van der Waals surface area contributed by atoms with E-state index in [1.54, 1.807) is 24.3 Å². The molecule has 0 aromatic heterocycles. The molecule has 3 aromatic rings. The molecule has 1 amide bonds. The van der Waals surface area contributed by atoms with Gasteiger partial charge in [0.1, 0.15) is 12.4 Å². The van der Waals surface area contributed by atoms with E-state index < -0.39 is 11.7 Å². The number of ether oxygens (including phenoxy) is 1. The average molecular weight is 400 g/mol. The third-order valence-corrected chi connectivity index (χ3v) is 4.03. The lowest BCUT2D eigenvalue weighted by Gasteiger charge is -2.11. The van der Waals surface area contributed by atoms with E-state index in [1.807, 2.05) is 30.3 Å². The van der Waals surface area contributed by atoms with Crippen molar-refractivity contribution in [1.82, 2.24) is 0 Å². The van der Waals surface area contributed by atoms with Gasteiger partial charge in [0.05, 0.1) is 12.1 Å². The maximum absolute atomic E-state index is 12.7. The van der Waals surface area contributed by atoms with Gasteiger partial charge in [0.25, 0.3) is 0 Å². The molecular formula is C22H19F3N2O2. The molecule has 7 heteroatoms. The SMILES string of the molecule is O=C(CNc1cccc(C(F)(F)F)c1)Nc1ccc(OCc2ccccc2)cc1. The molecule has 0 aliphatic carbocycles. The van der Waals surface area contributed by atoms with Crippen LogP contribution >= 0.6 is 0 Å². The van der Waals surface area contributed by atoms with Gasteiger partial charge in [-0.05, 0) is 48.0 Å². The summed E-state index contributed by atoms with van der Waals surface area (Å²) in [4.78, 5) is 12.0. The van der Waals surface area contributed by atoms with E-state index in [0.717, 1.165) is 17.7 Å². The van der Waals surface area contributed by atoms with E-state index in [9.17, 15) is 18.0 Å². The van der Waals surface area contributed by atoms with Gasteiger partial charge >= 0.3 is 6.18 Å². The molecule has 0 atom stereocenters. The fraction of sp³-hybridized carbons (Fsp3) is 0.136. The Hall–Kier alpha value is -3.48. The Balaban J connectivity index is 1.48. The number of anilines is 2. The van der Waals surface area contributed by atoms with Crippen molar-refractivity contribution < 1.29 is 22.7 Å². The predicted molar refractivity (Wildman–Crippen MR) is 106 cm³/mol. The smallest absolute Gasteiger partial charge is 0.416 e. The molecule has 0 radical (unpaired) electrons. The monoisotopic (exact) mass is 400 g/mol. The van der Waals surface area contributed by atoms with Crippen molar-refractivity contribution in [3.63, 3.8) is 0 Å². The van der Waals surface area contributed by atoms with E-state index >= 15 is 0 Å². The van der Waals surface area contributed by atoms with Crippen molar-refractivity contribution in [3.05, 3.63) is 90.0 Å². The molecule has 0 bridgehead atoms. The van der Waals surface area contributed by atoms with Crippen LogP contribution in [0.2, 0.25) is 0 Å². The van der Waals surface area contributed by atoms with Gasteiger partial charge in [0.15, 0.2) is 0 Å². The van der Waals surface area contributed by atoms with Crippen molar-refractivity contribution in [1.29, 1.82) is 0 Å². The number of hydrogen-bond acceptors (Lipinski definition) is 3. The van der Waals surface area contributed by atoms with Gasteiger partial charge in [-0.15, -0.1) is 0 Å². The van der Waals surface area contributed by atoms with Gasteiger partial charge in [-0.1, -0.05) is 36.4 Å². The lowest BCUT2D eigenvalue weighted by Crippen LogP contribution is -2.21. The molecule has 0 unspecified atom stereocenters. The van der Waals surface area contributed by atoms with Gasteiger partial charge in [0, 0.05) is 11.4 Å². The molecule has 3 rings (SSSR count). The number of carbonyl (C=O) groups is 1. The maximum atomic E-state index is 12.7. The molecule has 4 nitrogen and oxygen atoms in total. The largest absolute Gasteiger partial charge is 0.489 e. The van der Waals surface area contributed by atoms with Crippen molar-refractivity contribution in [2.45, 2.75) is 12.8 Å². The molecule has 0 aliphatic rings. The Labute approximate surface area is 166 Å². The molecule has 0 aliphatic heterocycles. The summed E-state index contributed by atoms with van der Waals surface area (Å²) in [6.07, 6.45) is -4.43. The van der Waals surface area contributed by atoms with E-state index in [2.05, 4.69) is 10.6 Å². The molecule has 3 aromatic carbocycles. The van der Waals surface area contributed by atoms with E-state index in [4.69, 9.17) is 4.74 Å². The van der Waals surface area contributed by atoms with Gasteiger partial charge < -0.3 is 15.4 Å². The molecule has 29 heavy (non-hydrogen) atoms. The quantitative estimate of drug-likeness (QED) is 0.563. The molecular weight excluding hydrogens is 381 g/mol. The van der Waals surface area contributed by atoms with Crippen LogP contribution in [-0.2, 0) is 17.6 Å². The maximum Gasteiger partial charge on any atom is 0.416 e. The highest BCUT2D eigenvalue weighted by Gasteiger charge is 2.30. The van der Waals surface area contributed by atoms with Crippen LogP contribution in [0.1, 0.15) is 11.1 Å². The van der Waals surface area contributed by atoms with E-state index in [-0.39, 0.29) is 18.1 Å².